The molecule has 27 heavy (non-hydrogen) atoms. The molecule has 0 radical (unpaired) electrons. The van der Waals surface area contributed by atoms with E-state index in [2.05, 4.69) is 19.9 Å². The number of benzene rings is 1. The normalized spacial score (nSPS) is 14.9. The third kappa shape index (κ3) is 3.66. The maximum absolute atomic E-state index is 12.7. The predicted molar refractivity (Wildman–Crippen MR) is 93.9 cm³/mol. The zero-order chi connectivity index (χ0) is 19.0. The maximum atomic E-state index is 12.7. The molecule has 1 aliphatic rings. The topological polar surface area (TPSA) is 64.8 Å². The molecule has 0 fully saturated rings. The lowest BCUT2D eigenvalue weighted by molar-refractivity contribution is -0.137. The molecule has 3 aromatic rings. The summed E-state index contributed by atoms with van der Waals surface area (Å²) in [6.07, 6.45) is -1.95. The molecule has 0 spiro atoms. The first-order chi connectivity index (χ1) is 12.9. The summed E-state index contributed by atoms with van der Waals surface area (Å²) in [5, 5.41) is 0. The van der Waals surface area contributed by atoms with Crippen molar-refractivity contribution in [2.75, 3.05) is 6.54 Å². The summed E-state index contributed by atoms with van der Waals surface area (Å²) >= 11 is 0. The zero-order valence-corrected chi connectivity index (χ0v) is 14.3. The molecule has 2 N–H and O–H groups in total. The Hall–Kier alpha value is -2.87. The van der Waals surface area contributed by atoms with E-state index in [1.807, 2.05) is 18.3 Å². The second-order valence-corrected chi connectivity index (χ2v) is 6.57. The van der Waals surface area contributed by atoms with Crippen LogP contribution < -0.4 is 5.56 Å². The summed E-state index contributed by atoms with van der Waals surface area (Å²) < 4.78 is 38.2. The SMILES string of the molecule is O=c1[nH]c(-c2ccc(C(F)(F)F)cc2)nc2c1CCN(Cc1ccc[nH]1)C2. The first kappa shape index (κ1) is 17.5. The number of rotatable bonds is 3. The van der Waals surface area contributed by atoms with Gasteiger partial charge in [0.05, 0.1) is 11.3 Å². The monoisotopic (exact) mass is 374 g/mol. The van der Waals surface area contributed by atoms with E-state index in [1.165, 1.54) is 12.1 Å². The highest BCUT2D eigenvalue weighted by atomic mass is 19.4. The van der Waals surface area contributed by atoms with Gasteiger partial charge < -0.3 is 9.97 Å². The lowest BCUT2D eigenvalue weighted by Gasteiger charge is -2.27. The van der Waals surface area contributed by atoms with E-state index in [1.54, 1.807) is 0 Å². The first-order valence-electron chi connectivity index (χ1n) is 8.54. The number of H-pyrrole nitrogens is 2. The summed E-state index contributed by atoms with van der Waals surface area (Å²) in [6, 6.07) is 8.56. The van der Waals surface area contributed by atoms with E-state index >= 15 is 0 Å². The third-order valence-electron chi connectivity index (χ3n) is 4.69. The molecule has 140 valence electrons. The van der Waals surface area contributed by atoms with E-state index in [9.17, 15) is 18.0 Å². The summed E-state index contributed by atoms with van der Waals surface area (Å²) in [6.45, 7) is 1.98. The molecule has 1 aliphatic heterocycles. The highest BCUT2D eigenvalue weighted by molar-refractivity contribution is 5.56. The van der Waals surface area contributed by atoms with E-state index in [0.717, 1.165) is 30.9 Å². The average molecular weight is 374 g/mol. The number of halogens is 3. The Labute approximate surface area is 152 Å². The van der Waals surface area contributed by atoms with Crippen LogP contribution in [0.5, 0.6) is 0 Å². The number of nitrogens with zero attached hydrogens (tertiary/aromatic N) is 2. The second kappa shape index (κ2) is 6.70. The molecule has 0 bridgehead atoms. The highest BCUT2D eigenvalue weighted by Gasteiger charge is 2.30. The van der Waals surface area contributed by atoms with E-state index in [4.69, 9.17) is 0 Å². The van der Waals surface area contributed by atoms with Crippen molar-refractivity contribution in [1.82, 2.24) is 19.9 Å². The fourth-order valence-electron chi connectivity index (χ4n) is 3.29. The zero-order valence-electron chi connectivity index (χ0n) is 14.3. The average Bonchev–Trinajstić information content (AvgIpc) is 3.14. The molecule has 0 saturated heterocycles. The largest absolute Gasteiger partial charge is 0.416 e. The molecule has 0 amide bonds. The Kier molecular flexibility index (Phi) is 4.35. The van der Waals surface area contributed by atoms with Gasteiger partial charge in [0.25, 0.3) is 5.56 Å². The molecule has 1 aromatic carbocycles. The number of aromatic nitrogens is 3. The lowest BCUT2D eigenvalue weighted by atomic mass is 10.1. The number of alkyl halides is 3. The summed E-state index contributed by atoms with van der Waals surface area (Å²) in [7, 11) is 0. The quantitative estimate of drug-likeness (QED) is 0.739. The maximum Gasteiger partial charge on any atom is 0.416 e. The molecule has 0 saturated carbocycles. The molecule has 0 aliphatic carbocycles. The fourth-order valence-corrected chi connectivity index (χ4v) is 3.29. The Morgan fingerprint density at radius 2 is 1.93 bits per heavy atom. The van der Waals surface area contributed by atoms with Gasteiger partial charge in [-0.15, -0.1) is 0 Å². The van der Waals surface area contributed by atoms with Gasteiger partial charge in [0, 0.05) is 42.7 Å². The molecule has 0 unspecified atom stereocenters. The van der Waals surface area contributed by atoms with Gasteiger partial charge in [-0.3, -0.25) is 9.69 Å². The Morgan fingerprint density at radius 3 is 2.59 bits per heavy atom. The summed E-state index contributed by atoms with van der Waals surface area (Å²) in [5.74, 6) is 0.286. The first-order valence-corrected chi connectivity index (χ1v) is 8.54. The molecule has 4 rings (SSSR count). The minimum atomic E-state index is -4.40. The molecule has 3 heterocycles. The van der Waals surface area contributed by atoms with E-state index < -0.39 is 11.7 Å². The molecule has 8 heteroatoms. The van der Waals surface area contributed by atoms with Crippen molar-refractivity contribution in [1.29, 1.82) is 0 Å². The van der Waals surface area contributed by atoms with Crippen LogP contribution in [0.15, 0.2) is 47.4 Å². The van der Waals surface area contributed by atoms with Crippen LogP contribution in [0, 0.1) is 0 Å². The fraction of sp³-hybridized carbons (Fsp3) is 0.263. The van der Waals surface area contributed by atoms with Crippen LogP contribution in [0.4, 0.5) is 13.2 Å². The number of aromatic amines is 2. The van der Waals surface area contributed by atoms with Crippen LogP contribution in [0.1, 0.15) is 22.5 Å². The van der Waals surface area contributed by atoms with Gasteiger partial charge in [-0.2, -0.15) is 13.2 Å². The second-order valence-electron chi connectivity index (χ2n) is 6.57. The van der Waals surface area contributed by atoms with Crippen molar-refractivity contribution in [3.05, 3.63) is 75.5 Å². The van der Waals surface area contributed by atoms with Crippen LogP contribution in [0.3, 0.4) is 0 Å². The van der Waals surface area contributed by atoms with Crippen LogP contribution in [-0.4, -0.2) is 26.4 Å². The highest BCUT2D eigenvalue weighted by Crippen LogP contribution is 2.30. The van der Waals surface area contributed by atoms with Crippen LogP contribution in [0.2, 0.25) is 0 Å². The third-order valence-corrected chi connectivity index (χ3v) is 4.69. The van der Waals surface area contributed by atoms with Gasteiger partial charge >= 0.3 is 6.18 Å². The minimum Gasteiger partial charge on any atom is -0.364 e. The van der Waals surface area contributed by atoms with Gasteiger partial charge in [-0.1, -0.05) is 12.1 Å². The van der Waals surface area contributed by atoms with Crippen molar-refractivity contribution in [2.24, 2.45) is 0 Å². The van der Waals surface area contributed by atoms with Gasteiger partial charge in [0.1, 0.15) is 5.82 Å². The standard InChI is InChI=1S/C19H17F3N4O/c20-19(21,22)13-5-3-12(4-6-13)17-24-16-11-26(10-14-2-1-8-23-14)9-7-15(16)18(27)25-17/h1-6,8,23H,7,9-11H2,(H,24,25,27). The molecular formula is C19H17F3N4O. The van der Waals surface area contributed by atoms with Crippen LogP contribution >= 0.6 is 0 Å². The van der Waals surface area contributed by atoms with Crippen molar-refractivity contribution >= 4 is 0 Å². The van der Waals surface area contributed by atoms with Gasteiger partial charge in [0.15, 0.2) is 0 Å². The van der Waals surface area contributed by atoms with Crippen LogP contribution in [-0.2, 0) is 25.7 Å². The van der Waals surface area contributed by atoms with Crippen molar-refractivity contribution in [3.8, 4) is 11.4 Å². The molecule has 2 aromatic heterocycles. The van der Waals surface area contributed by atoms with Gasteiger partial charge in [0.2, 0.25) is 0 Å². The molecule has 5 nitrogen and oxygen atoms in total. The van der Waals surface area contributed by atoms with E-state index in [0.29, 0.717) is 29.8 Å². The Balaban J connectivity index is 1.61. The van der Waals surface area contributed by atoms with E-state index in [-0.39, 0.29) is 11.4 Å². The molecule has 0 atom stereocenters. The van der Waals surface area contributed by atoms with Crippen molar-refractivity contribution < 1.29 is 13.2 Å². The summed E-state index contributed by atoms with van der Waals surface area (Å²) in [5.41, 5.74) is 1.88. The smallest absolute Gasteiger partial charge is 0.364 e. The van der Waals surface area contributed by atoms with Crippen molar-refractivity contribution in [3.63, 3.8) is 0 Å². The van der Waals surface area contributed by atoms with Crippen LogP contribution in [0.25, 0.3) is 11.4 Å². The molecular weight excluding hydrogens is 357 g/mol. The number of hydrogen-bond acceptors (Lipinski definition) is 3. The Bertz CT molecular complexity index is 991. The number of fused-ring (bicyclic) bond motifs is 1. The lowest BCUT2D eigenvalue weighted by Crippen LogP contribution is -2.35. The predicted octanol–water partition coefficient (Wildman–Crippen LogP) is 3.34. The number of hydrogen-bond donors (Lipinski definition) is 2. The number of nitrogens with one attached hydrogen (secondary N) is 2. The van der Waals surface area contributed by atoms with Crippen molar-refractivity contribution in [2.45, 2.75) is 25.7 Å². The minimum absolute atomic E-state index is 0.227. The Morgan fingerprint density at radius 1 is 1.15 bits per heavy atom. The van der Waals surface area contributed by atoms with Gasteiger partial charge in [-0.05, 0) is 30.7 Å². The van der Waals surface area contributed by atoms with Gasteiger partial charge in [-0.25, -0.2) is 4.98 Å². The summed E-state index contributed by atoms with van der Waals surface area (Å²) in [4.78, 5) is 25.0.